The van der Waals surface area contributed by atoms with E-state index in [0.29, 0.717) is 4.47 Å². The first kappa shape index (κ1) is 37.9. The molecule has 3 heterocycles. The van der Waals surface area contributed by atoms with Crippen molar-refractivity contribution in [3.05, 3.63) is 61.8 Å². The van der Waals surface area contributed by atoms with E-state index in [1.165, 1.54) is 40.9 Å². The Morgan fingerprint density at radius 2 is 1.75 bits per heavy atom. The summed E-state index contributed by atoms with van der Waals surface area (Å²) in [6.45, 7) is 10.2. The van der Waals surface area contributed by atoms with Crippen molar-refractivity contribution in [2.24, 2.45) is 17.8 Å². The van der Waals surface area contributed by atoms with Crippen LogP contribution in [0.15, 0.2) is 49.6 Å². The Morgan fingerprint density at radius 1 is 1.06 bits per heavy atom. The van der Waals surface area contributed by atoms with E-state index >= 15 is 0 Å². The quantitative estimate of drug-likeness (QED) is 0.112. The summed E-state index contributed by atoms with van der Waals surface area (Å²) in [7, 11) is 1.42. The monoisotopic (exact) mass is 794 g/mol. The summed E-state index contributed by atoms with van der Waals surface area (Å²) in [4.78, 5) is 59.9. The molecule has 1 aliphatic carbocycles. The Bertz CT molecular complexity index is 2300. The standard InChI is InChI=1S/C38H39BrN2O12/c1-14-10-9-11-15(2)36(48)41-28-32(46)24-23(27-34(28)51-22-13-20(39)12-21(49-8)26(22)40-27)25-33(17(4)31(24)45)52-38(7,35(25)47)53-37(50-19(6)42)18(5)30(44)16(3)29(14)43/h9-14,16,18,29-30,37,43-45H,1-8H3,(H,41,48)/b10-9+,15-11-/t14-,16+,18+,29-,30+,37?,38+/m0/s1. The van der Waals surface area contributed by atoms with Crippen molar-refractivity contribution in [2.45, 2.75) is 72.8 Å². The fourth-order valence-corrected chi connectivity index (χ4v) is 7.22. The molecule has 53 heavy (non-hydrogen) atoms. The number of ether oxygens (including phenoxy) is 4. The summed E-state index contributed by atoms with van der Waals surface area (Å²) < 4.78 is 30.2. The van der Waals surface area contributed by atoms with E-state index < -0.39 is 70.9 Å². The van der Waals surface area contributed by atoms with Crippen LogP contribution in [0.4, 0.5) is 5.69 Å². The first-order chi connectivity index (χ1) is 24.9. The number of nitrogens with zero attached hydrogens (tertiary/aromatic N) is 1. The number of aromatic hydroxyl groups is 1. The topological polar surface area (TPSA) is 204 Å². The minimum absolute atomic E-state index is 0.00361. The number of carbonyl (C=O) groups is 3. The fourth-order valence-electron chi connectivity index (χ4n) is 6.80. The number of nitrogens with one attached hydrogen (secondary N) is 1. The molecule has 0 saturated carbocycles. The first-order valence-corrected chi connectivity index (χ1v) is 17.6. The lowest BCUT2D eigenvalue weighted by Crippen LogP contribution is -2.49. The van der Waals surface area contributed by atoms with Crippen molar-refractivity contribution in [1.82, 2.24) is 4.98 Å². The van der Waals surface area contributed by atoms with Crippen molar-refractivity contribution >= 4 is 61.1 Å². The molecule has 4 bridgehead atoms. The Labute approximate surface area is 311 Å². The zero-order valence-corrected chi connectivity index (χ0v) is 31.8. The number of aliphatic hydroxyl groups is 2. The van der Waals surface area contributed by atoms with Gasteiger partial charge in [0.15, 0.2) is 11.3 Å². The van der Waals surface area contributed by atoms with E-state index in [2.05, 4.69) is 21.2 Å². The molecular formula is C38H39BrN2O12. The van der Waals surface area contributed by atoms with Gasteiger partial charge in [-0.25, -0.2) is 4.98 Å². The maximum Gasteiger partial charge on any atom is 0.304 e. The van der Waals surface area contributed by atoms with Gasteiger partial charge in [-0.2, -0.15) is 0 Å². The van der Waals surface area contributed by atoms with Gasteiger partial charge in [-0.15, -0.1) is 0 Å². The number of allylic oxidation sites excluding steroid dienone is 2. The lowest BCUT2D eigenvalue weighted by Gasteiger charge is -2.36. The van der Waals surface area contributed by atoms with E-state index in [9.17, 15) is 34.5 Å². The minimum atomic E-state index is -2.23. The van der Waals surface area contributed by atoms with Crippen molar-refractivity contribution in [3.8, 4) is 28.7 Å². The average Bonchev–Trinajstić information content (AvgIpc) is 3.37. The number of carbonyl (C=O) groups excluding carboxylic acids is 3. The highest BCUT2D eigenvalue weighted by atomic mass is 79.9. The summed E-state index contributed by atoms with van der Waals surface area (Å²) in [5, 5.41) is 36.4. The van der Waals surface area contributed by atoms with Gasteiger partial charge >= 0.3 is 5.97 Å². The second-order valence-corrected chi connectivity index (χ2v) is 14.6. The lowest BCUT2D eigenvalue weighted by atomic mass is 9.83. The highest BCUT2D eigenvalue weighted by molar-refractivity contribution is 9.10. The molecule has 14 nitrogen and oxygen atoms in total. The normalized spacial score (nSPS) is 28.2. The van der Waals surface area contributed by atoms with Crippen LogP contribution in [0.1, 0.15) is 57.5 Å². The van der Waals surface area contributed by atoms with Crippen LogP contribution in [0.25, 0.3) is 33.3 Å². The van der Waals surface area contributed by atoms with Gasteiger partial charge < -0.3 is 39.3 Å². The SMILES string of the molecule is COc1cc(Br)cc2oc3c4c(=O)c5c(O)c(C)c6c(c5c-3nc12)C(=O)[C@](C)(O6)OC(OC(C)=O)[C@H](C)[C@H](O)[C@H](C)[C@@H](O)[C@@H](C)/C=C/C=C(/C)C(=O)N4. The average molecular weight is 796 g/mol. The Kier molecular flexibility index (Phi) is 9.92. The van der Waals surface area contributed by atoms with Crippen molar-refractivity contribution in [3.63, 3.8) is 0 Å². The van der Waals surface area contributed by atoms with Crippen LogP contribution in [-0.2, 0) is 19.1 Å². The molecule has 15 heteroatoms. The van der Waals surface area contributed by atoms with Crippen LogP contribution in [-0.4, -0.2) is 69.4 Å². The van der Waals surface area contributed by atoms with E-state index in [4.69, 9.17) is 28.3 Å². The number of benzene rings is 3. The Morgan fingerprint density at radius 3 is 2.42 bits per heavy atom. The number of rotatable bonds is 2. The van der Waals surface area contributed by atoms with Gasteiger partial charge in [0.2, 0.25) is 17.5 Å². The maximum absolute atomic E-state index is 14.7. The summed E-state index contributed by atoms with van der Waals surface area (Å²) in [6, 6.07) is 3.22. The number of fused-ring (bicyclic) bond motifs is 2. The fraction of sp³-hybridized carbons (Fsp3) is 0.395. The molecule has 4 aliphatic rings. The van der Waals surface area contributed by atoms with E-state index in [1.807, 2.05) is 0 Å². The van der Waals surface area contributed by atoms with Gasteiger partial charge in [-0.3, -0.25) is 23.9 Å². The van der Waals surface area contributed by atoms with Crippen LogP contribution in [0, 0.1) is 24.7 Å². The molecule has 2 aromatic rings. The number of aromatic nitrogens is 1. The van der Waals surface area contributed by atoms with Crippen molar-refractivity contribution < 1.29 is 53.1 Å². The highest BCUT2D eigenvalue weighted by Gasteiger charge is 2.52. The number of phenols is 1. The summed E-state index contributed by atoms with van der Waals surface area (Å²) in [6.07, 6.45) is 0.683. The molecule has 6 rings (SSSR count). The molecule has 0 radical (unpaired) electrons. The zero-order chi connectivity index (χ0) is 38.8. The van der Waals surface area contributed by atoms with E-state index in [0.717, 1.165) is 6.92 Å². The molecule has 0 saturated heterocycles. The van der Waals surface area contributed by atoms with E-state index in [1.54, 1.807) is 38.1 Å². The summed E-state index contributed by atoms with van der Waals surface area (Å²) in [5.74, 6) is -7.53. The van der Waals surface area contributed by atoms with Gasteiger partial charge in [-0.05, 0) is 26.0 Å². The third-order valence-electron chi connectivity index (χ3n) is 9.95. The largest absolute Gasteiger partial charge is 0.507 e. The number of halogens is 1. The number of esters is 1. The second kappa shape index (κ2) is 13.9. The first-order valence-electron chi connectivity index (χ1n) is 16.8. The molecule has 280 valence electrons. The molecule has 1 unspecified atom stereocenters. The minimum Gasteiger partial charge on any atom is -0.507 e. The van der Waals surface area contributed by atoms with Crippen molar-refractivity contribution in [2.75, 3.05) is 12.4 Å². The van der Waals surface area contributed by atoms with Gasteiger partial charge in [0.05, 0.1) is 30.3 Å². The van der Waals surface area contributed by atoms with Gasteiger partial charge in [-0.1, -0.05) is 54.9 Å². The molecule has 0 aromatic heterocycles. The summed E-state index contributed by atoms with van der Waals surface area (Å²) >= 11 is 3.41. The Balaban J connectivity index is 1.71. The summed E-state index contributed by atoms with van der Waals surface area (Å²) in [5.41, 5.74) is -1.01. The molecule has 2 aromatic carbocycles. The molecule has 1 amide bonds. The number of ketones is 1. The smallest absolute Gasteiger partial charge is 0.304 e. The van der Waals surface area contributed by atoms with Crippen LogP contribution in [0.2, 0.25) is 0 Å². The zero-order valence-electron chi connectivity index (χ0n) is 30.2. The third-order valence-corrected chi connectivity index (χ3v) is 10.4. The maximum atomic E-state index is 14.7. The lowest BCUT2D eigenvalue weighted by molar-refractivity contribution is -0.263. The van der Waals surface area contributed by atoms with Gasteiger partial charge in [0.1, 0.15) is 34.1 Å². The number of amides is 1. The number of methoxy groups -OCH3 is 1. The van der Waals surface area contributed by atoms with E-state index in [-0.39, 0.29) is 67.2 Å². The molecular weight excluding hydrogens is 756 g/mol. The highest BCUT2D eigenvalue weighted by Crippen LogP contribution is 2.51. The number of hydrogen-bond donors (Lipinski definition) is 4. The molecule has 4 N–H and O–H groups in total. The number of anilines is 1. The predicted octanol–water partition coefficient (Wildman–Crippen LogP) is 5.51. The number of hydrogen-bond acceptors (Lipinski definition) is 13. The van der Waals surface area contributed by atoms with Crippen LogP contribution in [0.5, 0.6) is 17.2 Å². The molecule has 0 fully saturated rings. The molecule has 3 aliphatic heterocycles. The van der Waals surface area contributed by atoms with Crippen molar-refractivity contribution in [1.29, 1.82) is 0 Å². The molecule has 0 spiro atoms. The van der Waals surface area contributed by atoms with Gasteiger partial charge in [0, 0.05) is 52.6 Å². The number of phenolic OH excluding ortho intramolecular Hbond substituents is 1. The predicted molar refractivity (Wildman–Crippen MR) is 196 cm³/mol. The Hall–Kier alpha value is -4.83. The second-order valence-electron chi connectivity index (χ2n) is 13.7. The van der Waals surface area contributed by atoms with Crippen LogP contribution < -0.4 is 20.2 Å². The van der Waals surface area contributed by atoms with Crippen LogP contribution >= 0.6 is 15.9 Å². The number of Topliss-reactive ketones (excluding diaryl/α,β-unsaturated/α-hetero) is 1. The van der Waals surface area contributed by atoms with Gasteiger partial charge in [0.25, 0.3) is 11.7 Å². The number of aliphatic hydroxyl groups excluding tert-OH is 2. The third kappa shape index (κ3) is 6.34. The van der Waals surface area contributed by atoms with Crippen LogP contribution in [0.3, 0.4) is 0 Å². The molecule has 7 atom stereocenters.